The number of nitrogens with zero attached hydrogens (tertiary/aromatic N) is 2. The van der Waals surface area contributed by atoms with Crippen LogP contribution < -0.4 is 0 Å². The van der Waals surface area contributed by atoms with Gasteiger partial charge in [0.25, 0.3) is 0 Å². The summed E-state index contributed by atoms with van der Waals surface area (Å²) < 4.78 is 8.40. The van der Waals surface area contributed by atoms with Gasteiger partial charge in [0.05, 0.1) is 11.2 Å². The number of pyridine rings is 1. The summed E-state index contributed by atoms with van der Waals surface area (Å²) in [5.74, 6) is -0.387. The number of hydrogen-bond acceptors (Lipinski definition) is 3. The van der Waals surface area contributed by atoms with Crippen molar-refractivity contribution in [3.63, 3.8) is 0 Å². The van der Waals surface area contributed by atoms with Crippen LogP contribution in [0.4, 0.5) is 0 Å². The van der Waals surface area contributed by atoms with Gasteiger partial charge in [-0.15, -0.1) is 0 Å². The highest BCUT2D eigenvalue weighted by atomic mass is 127. The maximum Gasteiger partial charge on any atom is 0.359 e. The third-order valence-electron chi connectivity index (χ3n) is 2.01. The first-order chi connectivity index (χ1) is 7.65. The minimum atomic E-state index is -0.387. The van der Waals surface area contributed by atoms with E-state index >= 15 is 0 Å². The van der Waals surface area contributed by atoms with Gasteiger partial charge in [-0.3, -0.25) is 4.40 Å². The third-order valence-corrected chi connectivity index (χ3v) is 3.62. The van der Waals surface area contributed by atoms with Gasteiger partial charge in [0.15, 0.2) is 5.69 Å². The number of esters is 1. The van der Waals surface area contributed by atoms with Crippen molar-refractivity contribution in [3.05, 3.63) is 32.2 Å². The minimum Gasteiger partial charge on any atom is -0.461 e. The molecule has 2 rings (SSSR count). The third kappa shape index (κ3) is 1.95. The number of halogens is 2. The smallest absolute Gasteiger partial charge is 0.359 e. The lowest BCUT2D eigenvalue weighted by Crippen LogP contribution is -2.07. The summed E-state index contributed by atoms with van der Waals surface area (Å²) in [6.07, 6.45) is 0. The zero-order valence-corrected chi connectivity index (χ0v) is 12.1. The standard InChI is InChI=1S/C10H8BrIN2O2/c1-2-16-10(15)8-9(12)14-6(11)4-3-5-7(14)13-8/h3-5H,2H2,1H3. The van der Waals surface area contributed by atoms with Crippen LogP contribution in [0.3, 0.4) is 0 Å². The van der Waals surface area contributed by atoms with E-state index in [1.165, 1.54) is 0 Å². The Morgan fingerprint density at radius 1 is 1.62 bits per heavy atom. The van der Waals surface area contributed by atoms with Crippen LogP contribution in [0.2, 0.25) is 0 Å². The number of aromatic nitrogens is 2. The first-order valence-electron chi connectivity index (χ1n) is 4.64. The van der Waals surface area contributed by atoms with E-state index < -0.39 is 0 Å². The number of fused-ring (bicyclic) bond motifs is 1. The zero-order valence-electron chi connectivity index (χ0n) is 8.41. The molecule has 0 aliphatic carbocycles. The van der Waals surface area contributed by atoms with E-state index in [0.29, 0.717) is 12.3 Å². The van der Waals surface area contributed by atoms with Crippen LogP contribution in [0, 0.1) is 3.70 Å². The van der Waals surface area contributed by atoms with Gasteiger partial charge in [0.2, 0.25) is 0 Å². The molecule has 0 aliphatic rings. The van der Waals surface area contributed by atoms with Crippen LogP contribution in [0.15, 0.2) is 22.8 Å². The van der Waals surface area contributed by atoms with E-state index in [1.54, 1.807) is 6.92 Å². The molecule has 6 heteroatoms. The molecular formula is C10H8BrIN2O2. The van der Waals surface area contributed by atoms with Crippen LogP contribution in [0.25, 0.3) is 5.65 Å². The largest absolute Gasteiger partial charge is 0.461 e. The van der Waals surface area contributed by atoms with Crippen LogP contribution >= 0.6 is 38.5 Å². The summed E-state index contributed by atoms with van der Waals surface area (Å²) in [7, 11) is 0. The van der Waals surface area contributed by atoms with Gasteiger partial charge in [-0.25, -0.2) is 9.78 Å². The van der Waals surface area contributed by atoms with E-state index in [1.807, 2.05) is 22.6 Å². The van der Waals surface area contributed by atoms with Crippen molar-refractivity contribution in [2.75, 3.05) is 6.61 Å². The maximum atomic E-state index is 11.6. The summed E-state index contributed by atoms with van der Waals surface area (Å²) >= 11 is 5.50. The Balaban J connectivity index is 2.61. The minimum absolute atomic E-state index is 0.351. The summed E-state index contributed by atoms with van der Waals surface area (Å²) in [6.45, 7) is 2.13. The molecule has 0 atom stereocenters. The zero-order chi connectivity index (χ0) is 11.7. The molecular weight excluding hydrogens is 387 g/mol. The van der Waals surface area contributed by atoms with Gasteiger partial charge in [-0.05, 0) is 57.6 Å². The number of carbonyl (C=O) groups is 1. The first-order valence-corrected chi connectivity index (χ1v) is 6.52. The van der Waals surface area contributed by atoms with Crippen molar-refractivity contribution in [1.82, 2.24) is 9.38 Å². The van der Waals surface area contributed by atoms with Crippen molar-refractivity contribution >= 4 is 50.1 Å². The van der Waals surface area contributed by atoms with E-state index in [-0.39, 0.29) is 5.97 Å². The molecule has 2 aromatic heterocycles. The lowest BCUT2D eigenvalue weighted by molar-refractivity contribution is 0.0519. The summed E-state index contributed by atoms with van der Waals surface area (Å²) in [5.41, 5.74) is 1.08. The number of carbonyl (C=O) groups excluding carboxylic acids is 1. The highest BCUT2D eigenvalue weighted by Gasteiger charge is 2.18. The molecule has 0 saturated carbocycles. The molecule has 0 spiro atoms. The predicted octanol–water partition coefficient (Wildman–Crippen LogP) is 2.88. The van der Waals surface area contributed by atoms with Gasteiger partial charge < -0.3 is 4.74 Å². The molecule has 0 aliphatic heterocycles. The second-order valence-electron chi connectivity index (χ2n) is 3.01. The fraction of sp³-hybridized carbons (Fsp3) is 0.200. The van der Waals surface area contributed by atoms with Crippen LogP contribution in [-0.2, 0) is 4.74 Å². The number of hydrogen-bond donors (Lipinski definition) is 0. The molecule has 0 aromatic carbocycles. The molecule has 0 amide bonds. The van der Waals surface area contributed by atoms with Crippen LogP contribution in [0.1, 0.15) is 17.4 Å². The topological polar surface area (TPSA) is 43.6 Å². The van der Waals surface area contributed by atoms with E-state index in [9.17, 15) is 4.79 Å². The number of ether oxygens (including phenoxy) is 1. The Labute approximate surface area is 114 Å². The first kappa shape index (κ1) is 11.8. The van der Waals surface area contributed by atoms with Crippen molar-refractivity contribution < 1.29 is 9.53 Å². The normalized spacial score (nSPS) is 10.7. The fourth-order valence-electron chi connectivity index (χ4n) is 1.35. The van der Waals surface area contributed by atoms with Crippen molar-refractivity contribution in [2.45, 2.75) is 6.92 Å². The van der Waals surface area contributed by atoms with Gasteiger partial charge in [0, 0.05) is 0 Å². The molecule has 0 radical (unpaired) electrons. The van der Waals surface area contributed by atoms with Gasteiger partial charge >= 0.3 is 5.97 Å². The van der Waals surface area contributed by atoms with Gasteiger partial charge in [0.1, 0.15) is 9.35 Å². The Morgan fingerprint density at radius 2 is 2.38 bits per heavy atom. The van der Waals surface area contributed by atoms with Crippen LogP contribution in [0.5, 0.6) is 0 Å². The second-order valence-corrected chi connectivity index (χ2v) is 4.85. The molecule has 2 aromatic rings. The van der Waals surface area contributed by atoms with Crippen molar-refractivity contribution in [2.24, 2.45) is 0 Å². The quantitative estimate of drug-likeness (QED) is 0.447. The van der Waals surface area contributed by atoms with E-state index in [0.717, 1.165) is 14.0 Å². The van der Waals surface area contributed by atoms with Crippen molar-refractivity contribution in [1.29, 1.82) is 0 Å². The van der Waals surface area contributed by atoms with E-state index in [2.05, 4.69) is 43.5 Å². The molecule has 0 N–H and O–H groups in total. The Bertz CT molecular complexity index is 553. The summed E-state index contributed by atoms with van der Waals surface area (Å²) in [4.78, 5) is 15.9. The molecule has 4 nitrogen and oxygen atoms in total. The fourth-order valence-corrected chi connectivity index (χ4v) is 3.04. The molecule has 84 valence electrons. The molecule has 2 heterocycles. The molecule has 16 heavy (non-hydrogen) atoms. The second kappa shape index (κ2) is 4.70. The monoisotopic (exact) mass is 394 g/mol. The van der Waals surface area contributed by atoms with E-state index in [4.69, 9.17) is 4.74 Å². The number of rotatable bonds is 2. The highest BCUT2D eigenvalue weighted by Crippen LogP contribution is 2.21. The lowest BCUT2D eigenvalue weighted by atomic mass is 10.5. The Kier molecular flexibility index (Phi) is 3.48. The maximum absolute atomic E-state index is 11.6. The molecule has 0 saturated heterocycles. The molecule has 0 unspecified atom stereocenters. The average Bonchev–Trinajstić information content (AvgIpc) is 2.58. The average molecular weight is 395 g/mol. The number of imidazole rings is 1. The van der Waals surface area contributed by atoms with Crippen LogP contribution in [-0.4, -0.2) is 22.0 Å². The Morgan fingerprint density at radius 3 is 3.00 bits per heavy atom. The molecule has 0 fully saturated rings. The predicted molar refractivity (Wildman–Crippen MR) is 71.6 cm³/mol. The Hall–Kier alpha value is -0.630. The summed E-state index contributed by atoms with van der Waals surface area (Å²) in [5, 5.41) is 0. The van der Waals surface area contributed by atoms with Gasteiger partial charge in [-0.2, -0.15) is 0 Å². The SMILES string of the molecule is CCOC(=O)c1nc2cccc(Br)n2c1I. The summed E-state index contributed by atoms with van der Waals surface area (Å²) in [6, 6.07) is 5.61. The van der Waals surface area contributed by atoms with Gasteiger partial charge in [-0.1, -0.05) is 6.07 Å². The van der Waals surface area contributed by atoms with Crippen molar-refractivity contribution in [3.8, 4) is 0 Å². The molecule has 0 bridgehead atoms. The highest BCUT2D eigenvalue weighted by molar-refractivity contribution is 14.1. The lowest BCUT2D eigenvalue weighted by Gasteiger charge is -1.99.